The molecule has 0 aliphatic carbocycles. The van der Waals surface area contributed by atoms with E-state index in [1.54, 1.807) is 13.8 Å². The summed E-state index contributed by atoms with van der Waals surface area (Å²) in [5.74, 6) is -3.99. The smallest absolute Gasteiger partial charge is 0.487 e. The number of nitrogens with two attached hydrogens (primary N) is 1. The van der Waals surface area contributed by atoms with Crippen LogP contribution in [0.25, 0.3) is 0 Å². The summed E-state index contributed by atoms with van der Waals surface area (Å²) in [5, 5.41) is 0. The Morgan fingerprint density at radius 3 is 2.09 bits per heavy atom. The van der Waals surface area contributed by atoms with Gasteiger partial charge in [0.25, 0.3) is 5.92 Å². The van der Waals surface area contributed by atoms with Gasteiger partial charge in [-0.2, -0.15) is 0 Å². The molecule has 0 amide bonds. The highest BCUT2D eigenvalue weighted by molar-refractivity contribution is 5.42. The molecule has 0 atom stereocenters. The van der Waals surface area contributed by atoms with Gasteiger partial charge in [-0.25, -0.2) is 8.78 Å². The van der Waals surface area contributed by atoms with E-state index in [2.05, 4.69) is 4.74 Å². The monoisotopic (exact) mass is 343 g/mol. The maximum absolute atomic E-state index is 13.1. The van der Waals surface area contributed by atoms with Crippen molar-refractivity contribution in [2.45, 2.75) is 45.9 Å². The molecule has 0 aliphatic rings. The molecule has 2 N–H and O–H groups in total. The van der Waals surface area contributed by atoms with Crippen molar-refractivity contribution < 1.29 is 31.4 Å². The third-order valence-electron chi connectivity index (χ3n) is 2.58. The third-order valence-corrected chi connectivity index (χ3v) is 2.58. The second-order valence-corrected chi connectivity index (χ2v) is 4.75. The van der Waals surface area contributed by atoms with Crippen molar-refractivity contribution in [3.05, 3.63) is 23.8 Å². The molecule has 1 aromatic rings. The summed E-state index contributed by atoms with van der Waals surface area (Å²) < 4.78 is 71.3. The molecule has 0 saturated heterocycles. The van der Waals surface area contributed by atoms with Gasteiger partial charge >= 0.3 is 6.36 Å². The van der Waals surface area contributed by atoms with Crippen LogP contribution in [0.15, 0.2) is 18.2 Å². The first-order valence-electron chi connectivity index (χ1n) is 7.14. The first-order valence-corrected chi connectivity index (χ1v) is 7.14. The number of ether oxygens (including phenoxy) is 2. The molecule has 0 fully saturated rings. The fourth-order valence-corrected chi connectivity index (χ4v) is 1.56. The van der Waals surface area contributed by atoms with Crippen LogP contribution in [0, 0.1) is 0 Å². The van der Waals surface area contributed by atoms with E-state index >= 15 is 0 Å². The Morgan fingerprint density at radius 1 is 1.09 bits per heavy atom. The second kappa shape index (κ2) is 8.90. The molecule has 0 heterocycles. The SMILES string of the molecule is CC.CC(C)c1ccc(OC(F)(F)F)cc1OCC(F)(F)CN. The molecule has 1 rings (SSSR count). The van der Waals surface area contributed by atoms with E-state index in [1.807, 2.05) is 13.8 Å². The molecule has 0 aliphatic heterocycles. The summed E-state index contributed by atoms with van der Waals surface area (Å²) in [6.45, 7) is 5.59. The highest BCUT2D eigenvalue weighted by Gasteiger charge is 2.32. The van der Waals surface area contributed by atoms with Crippen LogP contribution in [0.5, 0.6) is 11.5 Å². The van der Waals surface area contributed by atoms with Crippen molar-refractivity contribution >= 4 is 0 Å². The Kier molecular flexibility index (Phi) is 8.30. The van der Waals surface area contributed by atoms with Crippen molar-refractivity contribution in [1.82, 2.24) is 0 Å². The quantitative estimate of drug-likeness (QED) is 0.761. The first-order chi connectivity index (χ1) is 10.5. The summed E-state index contributed by atoms with van der Waals surface area (Å²) in [6.07, 6.45) is -4.86. The van der Waals surface area contributed by atoms with E-state index in [1.165, 1.54) is 6.07 Å². The summed E-state index contributed by atoms with van der Waals surface area (Å²) in [4.78, 5) is 0. The molecule has 0 bridgehead atoms. The first kappa shape index (κ1) is 21.4. The number of alkyl halides is 5. The summed E-state index contributed by atoms with van der Waals surface area (Å²) in [6, 6.07) is 3.40. The summed E-state index contributed by atoms with van der Waals surface area (Å²) >= 11 is 0. The van der Waals surface area contributed by atoms with Gasteiger partial charge in [0, 0.05) is 6.07 Å². The highest BCUT2D eigenvalue weighted by atomic mass is 19.4. The number of benzene rings is 1. The molecule has 3 nitrogen and oxygen atoms in total. The van der Waals surface area contributed by atoms with E-state index in [-0.39, 0.29) is 11.7 Å². The van der Waals surface area contributed by atoms with Crippen LogP contribution >= 0.6 is 0 Å². The van der Waals surface area contributed by atoms with Gasteiger partial charge in [0.05, 0.1) is 6.54 Å². The predicted molar refractivity (Wildman–Crippen MR) is 78.1 cm³/mol. The van der Waals surface area contributed by atoms with Crippen molar-refractivity contribution in [1.29, 1.82) is 0 Å². The van der Waals surface area contributed by atoms with E-state index in [4.69, 9.17) is 10.5 Å². The molecule has 0 saturated carbocycles. The number of halogens is 5. The molecule has 0 aromatic heterocycles. The zero-order chi connectivity index (χ0) is 18.3. The molecular weight excluding hydrogens is 321 g/mol. The average Bonchev–Trinajstić information content (AvgIpc) is 2.45. The maximum atomic E-state index is 13.1. The van der Waals surface area contributed by atoms with Crippen molar-refractivity contribution in [3.8, 4) is 11.5 Å². The lowest BCUT2D eigenvalue weighted by molar-refractivity contribution is -0.274. The number of hydrogen-bond donors (Lipinski definition) is 1. The maximum Gasteiger partial charge on any atom is 0.573 e. The van der Waals surface area contributed by atoms with Crippen LogP contribution in [0.3, 0.4) is 0 Å². The van der Waals surface area contributed by atoms with Crippen molar-refractivity contribution in [3.63, 3.8) is 0 Å². The van der Waals surface area contributed by atoms with Gasteiger partial charge in [-0.05, 0) is 17.5 Å². The Bertz CT molecular complexity index is 475. The minimum atomic E-state index is -4.86. The predicted octanol–water partition coefficient (Wildman–Crippen LogP) is 4.71. The fourth-order valence-electron chi connectivity index (χ4n) is 1.56. The van der Waals surface area contributed by atoms with Crippen LogP contribution in [0.1, 0.15) is 39.2 Å². The topological polar surface area (TPSA) is 44.5 Å². The summed E-state index contributed by atoms with van der Waals surface area (Å²) in [7, 11) is 0. The molecule has 0 spiro atoms. The fraction of sp³-hybridized carbons (Fsp3) is 0.600. The average molecular weight is 343 g/mol. The standard InChI is InChI=1S/C13H16F5NO2.C2H6/c1-8(2)10-4-3-9(21-13(16,17)18)5-11(10)20-7-12(14,15)6-19;1-2/h3-5,8H,6-7,19H2,1-2H3;1-2H3. The number of hydrogen-bond acceptors (Lipinski definition) is 3. The van der Waals surface area contributed by atoms with Gasteiger partial charge in [-0.3, -0.25) is 0 Å². The van der Waals surface area contributed by atoms with E-state index in [0.717, 1.165) is 12.1 Å². The van der Waals surface area contributed by atoms with Crippen molar-refractivity contribution in [2.75, 3.05) is 13.2 Å². The lowest BCUT2D eigenvalue weighted by Crippen LogP contribution is -2.34. The third kappa shape index (κ3) is 8.01. The second-order valence-electron chi connectivity index (χ2n) is 4.75. The highest BCUT2D eigenvalue weighted by Crippen LogP contribution is 2.33. The Morgan fingerprint density at radius 2 is 1.65 bits per heavy atom. The molecule has 0 radical (unpaired) electrons. The van der Waals surface area contributed by atoms with E-state index in [0.29, 0.717) is 5.56 Å². The van der Waals surface area contributed by atoms with Crippen LogP contribution in [0.4, 0.5) is 22.0 Å². The lowest BCUT2D eigenvalue weighted by atomic mass is 10.0. The van der Waals surface area contributed by atoms with Crippen LogP contribution in [-0.2, 0) is 0 Å². The van der Waals surface area contributed by atoms with Crippen LogP contribution in [0.2, 0.25) is 0 Å². The van der Waals surface area contributed by atoms with Gasteiger partial charge in [0.1, 0.15) is 11.5 Å². The molecule has 23 heavy (non-hydrogen) atoms. The largest absolute Gasteiger partial charge is 0.573 e. The van der Waals surface area contributed by atoms with Crippen LogP contribution < -0.4 is 15.2 Å². The molecule has 0 unspecified atom stereocenters. The Labute approximate surface area is 132 Å². The van der Waals surface area contributed by atoms with Crippen LogP contribution in [-0.4, -0.2) is 25.4 Å². The van der Waals surface area contributed by atoms with Crippen molar-refractivity contribution in [2.24, 2.45) is 5.73 Å². The zero-order valence-electron chi connectivity index (χ0n) is 13.5. The van der Waals surface area contributed by atoms with E-state index in [9.17, 15) is 22.0 Å². The molecule has 1 aromatic carbocycles. The van der Waals surface area contributed by atoms with Gasteiger partial charge in [-0.15, -0.1) is 13.2 Å². The lowest BCUT2D eigenvalue weighted by Gasteiger charge is -2.19. The molecule has 8 heteroatoms. The van der Waals surface area contributed by atoms with Gasteiger partial charge < -0.3 is 15.2 Å². The summed E-state index contributed by atoms with van der Waals surface area (Å²) in [5.41, 5.74) is 5.38. The molecule has 134 valence electrons. The molecular formula is C15H22F5NO2. The number of rotatable bonds is 6. The van der Waals surface area contributed by atoms with Gasteiger partial charge in [0.2, 0.25) is 0 Å². The minimum Gasteiger partial charge on any atom is -0.487 e. The minimum absolute atomic E-state index is 0.0834. The van der Waals surface area contributed by atoms with E-state index < -0.39 is 31.2 Å². The zero-order valence-corrected chi connectivity index (χ0v) is 13.5. The normalized spacial score (nSPS) is 11.8. The Balaban J connectivity index is 0.00000232. The Hall–Kier alpha value is -1.57. The van der Waals surface area contributed by atoms with Gasteiger partial charge in [-0.1, -0.05) is 33.8 Å². The van der Waals surface area contributed by atoms with Gasteiger partial charge in [0.15, 0.2) is 6.61 Å².